The van der Waals surface area contributed by atoms with Gasteiger partial charge < -0.3 is 10.4 Å². The average molecular weight is 768 g/mol. The highest BCUT2D eigenvalue weighted by atomic mass is 16.2. The molecule has 9 rings (SSSR count). The fraction of sp³-hybridized carbons (Fsp3) is 0.113. The van der Waals surface area contributed by atoms with Gasteiger partial charge in [0.25, 0.3) is 0 Å². The monoisotopic (exact) mass is 767 g/mol. The van der Waals surface area contributed by atoms with Crippen LogP contribution < -0.4 is 5.32 Å². The lowest BCUT2D eigenvalue weighted by Gasteiger charge is -2.38. The Morgan fingerprint density at radius 2 is 0.898 bits per heavy atom. The van der Waals surface area contributed by atoms with E-state index < -0.39 is 11.1 Å². The molecule has 6 heteroatoms. The van der Waals surface area contributed by atoms with Crippen molar-refractivity contribution in [3.63, 3.8) is 0 Å². The second-order valence-electron chi connectivity index (χ2n) is 14.9. The molecule has 2 N–H and O–H groups in total. The summed E-state index contributed by atoms with van der Waals surface area (Å²) in [6, 6.07) is 76.0. The predicted octanol–water partition coefficient (Wildman–Crippen LogP) is 11.0. The van der Waals surface area contributed by atoms with Crippen LogP contribution in [-0.4, -0.2) is 31.7 Å². The van der Waals surface area contributed by atoms with E-state index in [4.69, 9.17) is 15.3 Å². The number of aromatic nitrogens is 4. The van der Waals surface area contributed by atoms with Gasteiger partial charge in [0.15, 0.2) is 5.65 Å². The second kappa shape index (κ2) is 16.8. The number of hydrogen-bond acceptors (Lipinski definition) is 5. The zero-order chi connectivity index (χ0) is 39.9. The van der Waals surface area contributed by atoms with Crippen molar-refractivity contribution in [2.24, 2.45) is 0 Å². The van der Waals surface area contributed by atoms with Crippen LogP contribution in [0.15, 0.2) is 218 Å². The highest BCUT2D eigenvalue weighted by Gasteiger charge is 2.43. The average Bonchev–Trinajstić information content (AvgIpc) is 3.75. The topological polar surface area (TPSA) is 75.9 Å². The number of benzene rings is 7. The van der Waals surface area contributed by atoms with Gasteiger partial charge in [-0.1, -0.05) is 218 Å². The molecule has 0 aliphatic rings. The van der Waals surface area contributed by atoms with Crippen LogP contribution in [0.4, 0.5) is 5.82 Å². The highest BCUT2D eigenvalue weighted by molar-refractivity contribution is 5.80. The van der Waals surface area contributed by atoms with Crippen molar-refractivity contribution < 1.29 is 5.11 Å². The molecule has 1 atom stereocenters. The largest absolute Gasteiger partial charge is 0.396 e. The zero-order valence-electron chi connectivity index (χ0n) is 32.7. The SMILES string of the molecule is OCCC[C@H](c1ccccc1)c1cc(NC(c2ccccc2)(c2ccccc2)c2ccccc2)nc2c1nnn2C(c1ccccc1)(c1ccccc1)c1ccccc1. The van der Waals surface area contributed by atoms with Crippen LogP contribution in [0, 0.1) is 0 Å². The molecule has 59 heavy (non-hydrogen) atoms. The molecule has 9 aromatic rings. The Morgan fingerprint density at radius 1 is 0.508 bits per heavy atom. The Morgan fingerprint density at radius 3 is 1.31 bits per heavy atom. The zero-order valence-corrected chi connectivity index (χ0v) is 32.7. The molecule has 0 fully saturated rings. The van der Waals surface area contributed by atoms with E-state index in [1.165, 1.54) is 0 Å². The maximum atomic E-state index is 10.2. The van der Waals surface area contributed by atoms with Gasteiger partial charge in [-0.25, -0.2) is 9.67 Å². The van der Waals surface area contributed by atoms with Gasteiger partial charge in [0.1, 0.15) is 22.4 Å². The van der Waals surface area contributed by atoms with Crippen molar-refractivity contribution in [3.8, 4) is 0 Å². The minimum absolute atomic E-state index is 0.0770. The number of fused-ring (bicyclic) bond motifs is 1. The molecule has 0 aliphatic heterocycles. The Kier molecular flexibility index (Phi) is 10.6. The Balaban J connectivity index is 1.40. The lowest BCUT2D eigenvalue weighted by Crippen LogP contribution is -2.39. The number of nitrogens with one attached hydrogen (secondary N) is 1. The van der Waals surface area contributed by atoms with E-state index in [9.17, 15) is 5.11 Å². The van der Waals surface area contributed by atoms with E-state index in [2.05, 4.69) is 199 Å². The second-order valence-corrected chi connectivity index (χ2v) is 14.9. The van der Waals surface area contributed by atoms with E-state index in [1.807, 2.05) is 28.9 Å². The smallest absolute Gasteiger partial charge is 0.182 e. The Hall–Kier alpha value is -7.15. The van der Waals surface area contributed by atoms with Crippen LogP contribution in [0.2, 0.25) is 0 Å². The molecular weight excluding hydrogens is 723 g/mol. The van der Waals surface area contributed by atoms with Crippen LogP contribution in [0.1, 0.15) is 63.3 Å². The summed E-state index contributed by atoms with van der Waals surface area (Å²) in [4.78, 5) is 5.63. The van der Waals surface area contributed by atoms with Crippen molar-refractivity contribution in [2.75, 3.05) is 11.9 Å². The number of aliphatic hydroxyl groups excluding tert-OH is 1. The number of hydrogen-bond donors (Lipinski definition) is 2. The maximum Gasteiger partial charge on any atom is 0.182 e. The molecule has 0 aliphatic carbocycles. The number of rotatable bonds is 14. The summed E-state index contributed by atoms with van der Waals surface area (Å²) in [6.45, 7) is 0.0770. The molecular formula is C53H45N5O. The molecule has 7 aromatic carbocycles. The van der Waals surface area contributed by atoms with Gasteiger partial charge in [-0.2, -0.15) is 0 Å². The molecule has 0 bridgehead atoms. The summed E-state index contributed by atoms with van der Waals surface area (Å²) in [7, 11) is 0. The van der Waals surface area contributed by atoms with Gasteiger partial charge in [-0.05, 0) is 63.4 Å². The summed E-state index contributed by atoms with van der Waals surface area (Å²) in [5.74, 6) is 0.555. The molecule has 0 unspecified atom stereocenters. The van der Waals surface area contributed by atoms with Gasteiger partial charge in [0, 0.05) is 12.5 Å². The minimum Gasteiger partial charge on any atom is -0.396 e. The minimum atomic E-state index is -0.954. The van der Waals surface area contributed by atoms with E-state index in [-0.39, 0.29) is 12.5 Å². The molecule has 0 spiro atoms. The highest BCUT2D eigenvalue weighted by Crippen LogP contribution is 2.45. The third-order valence-corrected chi connectivity index (χ3v) is 11.5. The van der Waals surface area contributed by atoms with Gasteiger partial charge in [0.2, 0.25) is 0 Å². The van der Waals surface area contributed by atoms with Crippen LogP contribution in [0.3, 0.4) is 0 Å². The molecule has 6 nitrogen and oxygen atoms in total. The number of aliphatic hydroxyl groups is 1. The first-order valence-corrected chi connectivity index (χ1v) is 20.3. The first kappa shape index (κ1) is 37.4. The molecule has 2 aromatic heterocycles. The molecule has 2 heterocycles. The van der Waals surface area contributed by atoms with E-state index in [1.54, 1.807) is 0 Å². The normalized spacial score (nSPS) is 12.3. The lowest BCUT2D eigenvalue weighted by atomic mass is 9.76. The van der Waals surface area contributed by atoms with Gasteiger partial charge in [0.05, 0.1) is 0 Å². The fourth-order valence-corrected chi connectivity index (χ4v) is 8.84. The van der Waals surface area contributed by atoms with Crippen LogP contribution in [0.5, 0.6) is 0 Å². The third kappa shape index (κ3) is 6.88. The standard InChI is InChI=1S/C53H45N5O/c59-38-22-37-47(40-23-8-1-9-24-40)48-39-49(55-52(41-25-10-2-11-26-41,42-27-12-3-13-28-42)43-29-14-4-15-30-43)54-51-50(48)56-57-58(51)53(44-31-16-5-17-32-44,45-33-18-6-19-34-45)46-35-20-7-21-36-46/h1-21,23-36,39,47,59H,22,37-38H2,(H,54,55)/t47-/m1/s1. The lowest BCUT2D eigenvalue weighted by molar-refractivity contribution is 0.282. The molecule has 288 valence electrons. The van der Waals surface area contributed by atoms with Gasteiger partial charge >= 0.3 is 0 Å². The van der Waals surface area contributed by atoms with Gasteiger partial charge in [-0.15, -0.1) is 5.10 Å². The summed E-state index contributed by atoms with van der Waals surface area (Å²) in [5.41, 5.74) is 7.94. The van der Waals surface area contributed by atoms with E-state index in [0.717, 1.165) is 44.5 Å². The van der Waals surface area contributed by atoms with Crippen LogP contribution in [0.25, 0.3) is 11.2 Å². The van der Waals surface area contributed by atoms with E-state index in [0.29, 0.717) is 29.8 Å². The number of pyridine rings is 1. The molecule has 0 amide bonds. The Labute approximate surface area is 345 Å². The van der Waals surface area contributed by atoms with Crippen molar-refractivity contribution in [1.82, 2.24) is 20.0 Å². The Bertz CT molecular complexity index is 2520. The quantitative estimate of drug-likeness (QED) is 0.108. The maximum absolute atomic E-state index is 10.2. The molecule has 0 radical (unpaired) electrons. The summed E-state index contributed by atoms with van der Waals surface area (Å²) in [5, 5.41) is 24.6. The fourth-order valence-electron chi connectivity index (χ4n) is 8.84. The summed E-state index contributed by atoms with van der Waals surface area (Å²) in [6.07, 6.45) is 1.32. The van der Waals surface area contributed by atoms with Crippen molar-refractivity contribution in [1.29, 1.82) is 0 Å². The molecule has 0 saturated heterocycles. The first-order chi connectivity index (χ1) is 29.2. The number of nitrogens with zero attached hydrogens (tertiary/aromatic N) is 4. The van der Waals surface area contributed by atoms with Crippen LogP contribution >= 0.6 is 0 Å². The third-order valence-electron chi connectivity index (χ3n) is 11.5. The van der Waals surface area contributed by atoms with Gasteiger partial charge in [-0.3, -0.25) is 0 Å². The summed E-state index contributed by atoms with van der Waals surface area (Å²) >= 11 is 0. The molecule has 0 saturated carbocycles. The van der Waals surface area contributed by atoms with Crippen molar-refractivity contribution in [3.05, 3.63) is 263 Å². The van der Waals surface area contributed by atoms with Crippen LogP contribution in [-0.2, 0) is 11.1 Å². The number of anilines is 1. The van der Waals surface area contributed by atoms with E-state index >= 15 is 0 Å². The summed E-state index contributed by atoms with van der Waals surface area (Å²) < 4.78 is 2.03. The van der Waals surface area contributed by atoms with Crippen molar-refractivity contribution in [2.45, 2.75) is 29.8 Å². The predicted molar refractivity (Wildman–Crippen MR) is 237 cm³/mol. The first-order valence-electron chi connectivity index (χ1n) is 20.3. The van der Waals surface area contributed by atoms with Crippen molar-refractivity contribution >= 4 is 17.0 Å².